The fourth-order valence-electron chi connectivity index (χ4n) is 2.14. The first kappa shape index (κ1) is 11.7. The molecule has 1 heterocycles. The van der Waals surface area contributed by atoms with E-state index in [9.17, 15) is 9.90 Å². The van der Waals surface area contributed by atoms with Crippen LogP contribution in [0.4, 0.5) is 0 Å². The number of aliphatic hydroxyl groups excluding tert-OH is 1. The third-order valence-corrected chi connectivity index (χ3v) is 3.04. The molecule has 1 atom stereocenters. The Morgan fingerprint density at radius 3 is 3.00 bits per heavy atom. The first-order valence-corrected chi connectivity index (χ1v) is 5.71. The number of aromatic nitrogens is 1. The minimum atomic E-state index is -0.353. The van der Waals surface area contributed by atoms with Gasteiger partial charge in [0.25, 0.3) is 0 Å². The number of hydrogen-bond donors (Lipinski definition) is 3. The van der Waals surface area contributed by atoms with Crippen molar-refractivity contribution in [2.75, 3.05) is 6.61 Å². The molecule has 0 fully saturated rings. The van der Waals surface area contributed by atoms with Crippen molar-refractivity contribution in [1.29, 1.82) is 0 Å². The highest BCUT2D eigenvalue weighted by Crippen LogP contribution is 2.26. The van der Waals surface area contributed by atoms with Crippen molar-refractivity contribution < 1.29 is 9.90 Å². The van der Waals surface area contributed by atoms with E-state index in [0.29, 0.717) is 6.41 Å². The summed E-state index contributed by atoms with van der Waals surface area (Å²) in [6.07, 6.45) is 3.41. The van der Waals surface area contributed by atoms with E-state index in [-0.39, 0.29) is 12.6 Å². The summed E-state index contributed by atoms with van der Waals surface area (Å²) in [6.45, 7) is 1.99. The van der Waals surface area contributed by atoms with Crippen LogP contribution in [0.2, 0.25) is 0 Å². The summed E-state index contributed by atoms with van der Waals surface area (Å²) >= 11 is 0. The number of aromatic amines is 1. The second-order valence-corrected chi connectivity index (χ2v) is 3.96. The Hall–Kier alpha value is -1.81. The zero-order chi connectivity index (χ0) is 12.3. The van der Waals surface area contributed by atoms with E-state index in [0.717, 1.165) is 22.9 Å². The molecule has 1 amide bonds. The number of fused-ring (bicyclic) bond motifs is 1. The fourth-order valence-corrected chi connectivity index (χ4v) is 2.14. The van der Waals surface area contributed by atoms with Crippen molar-refractivity contribution in [1.82, 2.24) is 10.3 Å². The molecule has 0 radical (unpaired) electrons. The second-order valence-electron chi connectivity index (χ2n) is 3.96. The summed E-state index contributed by atoms with van der Waals surface area (Å²) in [5, 5.41) is 12.9. The lowest BCUT2D eigenvalue weighted by molar-refractivity contribution is -0.110. The number of aliphatic hydroxyl groups is 1. The number of H-pyrrole nitrogens is 1. The number of nitrogens with one attached hydrogen (secondary N) is 2. The van der Waals surface area contributed by atoms with Crippen LogP contribution in [0, 0.1) is 0 Å². The number of benzene rings is 1. The molecule has 0 spiro atoms. The molecule has 0 saturated heterocycles. The summed E-state index contributed by atoms with van der Waals surface area (Å²) in [7, 11) is 0. The fraction of sp³-hybridized carbons (Fsp3) is 0.308. The molecule has 0 aliphatic rings. The van der Waals surface area contributed by atoms with Crippen molar-refractivity contribution in [2.24, 2.45) is 0 Å². The van der Waals surface area contributed by atoms with Gasteiger partial charge in [-0.2, -0.15) is 0 Å². The average Bonchev–Trinajstić information content (AvgIpc) is 2.79. The smallest absolute Gasteiger partial charge is 0.207 e. The molecule has 0 bridgehead atoms. The molecule has 3 N–H and O–H groups in total. The Bertz CT molecular complexity index is 519. The maximum atomic E-state index is 10.5. The van der Waals surface area contributed by atoms with Crippen LogP contribution in [-0.4, -0.2) is 23.1 Å². The van der Waals surface area contributed by atoms with Crippen LogP contribution in [0.5, 0.6) is 0 Å². The lowest BCUT2D eigenvalue weighted by Crippen LogP contribution is -2.22. The van der Waals surface area contributed by atoms with E-state index >= 15 is 0 Å². The van der Waals surface area contributed by atoms with Crippen molar-refractivity contribution in [3.63, 3.8) is 0 Å². The van der Waals surface area contributed by atoms with Gasteiger partial charge in [-0.25, -0.2) is 0 Å². The Labute approximate surface area is 99.7 Å². The summed E-state index contributed by atoms with van der Waals surface area (Å²) in [6, 6.07) is 5.71. The quantitative estimate of drug-likeness (QED) is 0.684. The molecule has 17 heavy (non-hydrogen) atoms. The molecule has 0 aliphatic heterocycles. The van der Waals surface area contributed by atoms with Crippen molar-refractivity contribution in [3.8, 4) is 0 Å². The molecule has 2 aromatic rings. The standard InChI is InChI=1S/C13H16N2O2/c1-2-9-4-3-5-10-11(6-14-13(9)10)12(7-16)15-8-17/h3-6,8,12,14,16H,2,7H2,1H3,(H,15,17). The van der Waals surface area contributed by atoms with Gasteiger partial charge < -0.3 is 15.4 Å². The molecule has 4 nitrogen and oxygen atoms in total. The molecule has 90 valence electrons. The summed E-state index contributed by atoms with van der Waals surface area (Å²) in [5.74, 6) is 0. The van der Waals surface area contributed by atoms with Gasteiger partial charge in [-0.3, -0.25) is 4.79 Å². The Morgan fingerprint density at radius 2 is 2.35 bits per heavy atom. The van der Waals surface area contributed by atoms with Crippen LogP contribution in [0.25, 0.3) is 10.9 Å². The van der Waals surface area contributed by atoms with E-state index in [2.05, 4.69) is 23.3 Å². The summed E-state index contributed by atoms with van der Waals surface area (Å²) in [5.41, 5.74) is 3.23. The number of para-hydroxylation sites is 1. The third kappa shape index (κ3) is 2.03. The van der Waals surface area contributed by atoms with Crippen LogP contribution >= 0.6 is 0 Å². The SMILES string of the molecule is CCc1cccc2c(C(CO)NC=O)c[nH]c12. The van der Waals surface area contributed by atoms with Gasteiger partial charge in [0.05, 0.1) is 12.6 Å². The molecule has 1 aromatic carbocycles. The number of hydrogen-bond acceptors (Lipinski definition) is 2. The number of rotatable bonds is 5. The number of aryl methyl sites for hydroxylation is 1. The number of amides is 1. The minimum absolute atomic E-state index is 0.109. The van der Waals surface area contributed by atoms with Gasteiger partial charge in [0.1, 0.15) is 0 Å². The lowest BCUT2D eigenvalue weighted by atomic mass is 10.0. The first-order chi connectivity index (χ1) is 8.31. The van der Waals surface area contributed by atoms with Crippen LogP contribution < -0.4 is 5.32 Å². The van der Waals surface area contributed by atoms with Gasteiger partial charge in [0, 0.05) is 22.7 Å². The van der Waals surface area contributed by atoms with Crippen molar-refractivity contribution >= 4 is 17.3 Å². The van der Waals surface area contributed by atoms with Gasteiger partial charge in [-0.05, 0) is 12.0 Å². The Balaban J connectivity index is 2.52. The van der Waals surface area contributed by atoms with Gasteiger partial charge in [0.2, 0.25) is 6.41 Å². The number of carbonyl (C=O) groups excluding carboxylic acids is 1. The van der Waals surface area contributed by atoms with Gasteiger partial charge in [-0.1, -0.05) is 25.1 Å². The monoisotopic (exact) mass is 232 g/mol. The minimum Gasteiger partial charge on any atom is -0.394 e. The van der Waals surface area contributed by atoms with E-state index in [1.165, 1.54) is 5.56 Å². The Kier molecular flexibility index (Phi) is 3.44. The normalized spacial score (nSPS) is 12.6. The van der Waals surface area contributed by atoms with Gasteiger partial charge in [0.15, 0.2) is 0 Å². The molecule has 1 aromatic heterocycles. The van der Waals surface area contributed by atoms with Crippen LogP contribution in [0.3, 0.4) is 0 Å². The molecule has 0 aliphatic carbocycles. The molecule has 4 heteroatoms. The van der Waals surface area contributed by atoms with Crippen molar-refractivity contribution in [2.45, 2.75) is 19.4 Å². The molecular weight excluding hydrogens is 216 g/mol. The predicted octanol–water partition coefficient (Wildman–Crippen LogP) is 1.51. The van der Waals surface area contributed by atoms with Crippen LogP contribution in [0.1, 0.15) is 24.1 Å². The molecule has 1 unspecified atom stereocenters. The summed E-state index contributed by atoms with van der Waals surface area (Å²) < 4.78 is 0. The topological polar surface area (TPSA) is 65.1 Å². The van der Waals surface area contributed by atoms with E-state index < -0.39 is 0 Å². The molecule has 0 saturated carbocycles. The predicted molar refractivity (Wildman–Crippen MR) is 66.7 cm³/mol. The first-order valence-electron chi connectivity index (χ1n) is 5.71. The zero-order valence-corrected chi connectivity index (χ0v) is 9.73. The van der Waals surface area contributed by atoms with Gasteiger partial charge >= 0.3 is 0 Å². The Morgan fingerprint density at radius 1 is 1.53 bits per heavy atom. The highest BCUT2D eigenvalue weighted by Gasteiger charge is 2.14. The van der Waals surface area contributed by atoms with Crippen LogP contribution in [0.15, 0.2) is 24.4 Å². The number of carbonyl (C=O) groups is 1. The maximum absolute atomic E-state index is 10.5. The third-order valence-electron chi connectivity index (χ3n) is 3.04. The van der Waals surface area contributed by atoms with Crippen molar-refractivity contribution in [3.05, 3.63) is 35.5 Å². The van der Waals surface area contributed by atoms with E-state index in [1.54, 1.807) is 0 Å². The van der Waals surface area contributed by atoms with Crippen LogP contribution in [-0.2, 0) is 11.2 Å². The van der Waals surface area contributed by atoms with Gasteiger partial charge in [-0.15, -0.1) is 0 Å². The maximum Gasteiger partial charge on any atom is 0.207 e. The molecular formula is C13H16N2O2. The zero-order valence-electron chi connectivity index (χ0n) is 9.73. The highest BCUT2D eigenvalue weighted by atomic mass is 16.3. The second kappa shape index (κ2) is 5.01. The largest absolute Gasteiger partial charge is 0.394 e. The lowest BCUT2D eigenvalue weighted by Gasteiger charge is -2.12. The average molecular weight is 232 g/mol. The van der Waals surface area contributed by atoms with E-state index in [4.69, 9.17) is 0 Å². The molecule has 2 rings (SSSR count). The summed E-state index contributed by atoms with van der Waals surface area (Å²) in [4.78, 5) is 13.7. The van der Waals surface area contributed by atoms with E-state index in [1.807, 2.05) is 18.3 Å². The highest BCUT2D eigenvalue weighted by molar-refractivity contribution is 5.86.